The van der Waals surface area contributed by atoms with Crippen molar-refractivity contribution in [3.8, 4) is 10.6 Å². The van der Waals surface area contributed by atoms with Crippen LogP contribution in [0, 0.1) is 0 Å². The molecule has 0 aliphatic heterocycles. The Bertz CT molecular complexity index is 1010. The van der Waals surface area contributed by atoms with Crippen molar-refractivity contribution in [2.45, 2.75) is 31.4 Å². The van der Waals surface area contributed by atoms with E-state index in [1.807, 2.05) is 30.3 Å². The second-order valence-electron chi connectivity index (χ2n) is 6.85. The van der Waals surface area contributed by atoms with Gasteiger partial charge < -0.3 is 0 Å². The SMILES string of the molecule is ONC(=C1CCC1)C(c1ccccc1)c1nnc(-c2ccc(C(F)(F)F)cc2)s1. The fraction of sp³-hybridized carbons (Fsp3) is 0.238. The number of nitrogens with zero attached hydrogens (tertiary/aromatic N) is 2. The van der Waals surface area contributed by atoms with Crippen molar-refractivity contribution in [3.05, 3.63) is 82.0 Å². The number of benzene rings is 2. The van der Waals surface area contributed by atoms with E-state index in [1.54, 1.807) is 0 Å². The Hall–Kier alpha value is -2.71. The fourth-order valence-corrected chi connectivity index (χ4v) is 4.31. The van der Waals surface area contributed by atoms with Gasteiger partial charge >= 0.3 is 6.18 Å². The van der Waals surface area contributed by atoms with Crippen molar-refractivity contribution < 1.29 is 18.4 Å². The molecule has 3 aromatic rings. The molecule has 0 radical (unpaired) electrons. The van der Waals surface area contributed by atoms with Crippen LogP contribution in [0.4, 0.5) is 13.2 Å². The summed E-state index contributed by atoms with van der Waals surface area (Å²) >= 11 is 1.31. The van der Waals surface area contributed by atoms with Gasteiger partial charge in [0.15, 0.2) is 0 Å². The maximum absolute atomic E-state index is 12.8. The molecule has 1 atom stereocenters. The average Bonchev–Trinajstić information content (AvgIpc) is 3.16. The van der Waals surface area contributed by atoms with Gasteiger partial charge in [-0.2, -0.15) is 13.2 Å². The average molecular weight is 417 g/mol. The summed E-state index contributed by atoms with van der Waals surface area (Å²) in [6.07, 6.45) is -1.47. The molecule has 0 bridgehead atoms. The molecule has 4 rings (SSSR count). The fourth-order valence-electron chi connectivity index (χ4n) is 3.32. The van der Waals surface area contributed by atoms with Crippen LogP contribution in [0.2, 0.25) is 0 Å². The first-order valence-electron chi connectivity index (χ1n) is 9.15. The highest BCUT2D eigenvalue weighted by atomic mass is 32.1. The molecule has 2 N–H and O–H groups in total. The Morgan fingerprint density at radius 2 is 1.69 bits per heavy atom. The van der Waals surface area contributed by atoms with Crippen molar-refractivity contribution in [1.82, 2.24) is 15.7 Å². The lowest BCUT2D eigenvalue weighted by Crippen LogP contribution is -2.21. The van der Waals surface area contributed by atoms with Gasteiger partial charge in [-0.25, -0.2) is 0 Å². The summed E-state index contributed by atoms with van der Waals surface area (Å²) in [5.41, 5.74) is 5.05. The molecular weight excluding hydrogens is 399 g/mol. The Labute approximate surface area is 169 Å². The van der Waals surface area contributed by atoms with Crippen LogP contribution < -0.4 is 5.48 Å². The van der Waals surface area contributed by atoms with E-state index in [2.05, 4.69) is 15.7 Å². The topological polar surface area (TPSA) is 58.0 Å². The van der Waals surface area contributed by atoms with E-state index in [-0.39, 0.29) is 5.92 Å². The Kier molecular flexibility index (Phi) is 5.38. The van der Waals surface area contributed by atoms with Crippen LogP contribution in [0.1, 0.15) is 41.3 Å². The second-order valence-corrected chi connectivity index (χ2v) is 7.86. The molecule has 0 spiro atoms. The lowest BCUT2D eigenvalue weighted by molar-refractivity contribution is -0.137. The van der Waals surface area contributed by atoms with E-state index in [0.717, 1.165) is 42.5 Å². The second kappa shape index (κ2) is 7.96. The molecule has 1 saturated carbocycles. The quantitative estimate of drug-likeness (QED) is 0.517. The number of hydroxylamine groups is 1. The number of nitrogens with one attached hydrogen (secondary N) is 1. The Morgan fingerprint density at radius 1 is 1.00 bits per heavy atom. The van der Waals surface area contributed by atoms with E-state index in [0.29, 0.717) is 21.3 Å². The zero-order valence-corrected chi connectivity index (χ0v) is 16.1. The number of rotatable bonds is 5. The molecule has 150 valence electrons. The van der Waals surface area contributed by atoms with Gasteiger partial charge in [0.1, 0.15) is 10.0 Å². The van der Waals surface area contributed by atoms with E-state index >= 15 is 0 Å². The maximum atomic E-state index is 12.8. The molecule has 1 aliphatic carbocycles. The first kappa shape index (κ1) is 19.6. The molecule has 0 saturated heterocycles. The first-order chi connectivity index (χ1) is 14.0. The van der Waals surface area contributed by atoms with Crippen LogP contribution in [-0.4, -0.2) is 15.4 Å². The lowest BCUT2D eigenvalue weighted by atomic mass is 9.84. The lowest BCUT2D eigenvalue weighted by Gasteiger charge is -2.26. The van der Waals surface area contributed by atoms with Crippen LogP contribution in [0.15, 0.2) is 65.9 Å². The first-order valence-corrected chi connectivity index (χ1v) is 9.97. The molecular formula is C21H18F3N3OS. The van der Waals surface area contributed by atoms with Gasteiger partial charge in [-0.3, -0.25) is 10.7 Å². The van der Waals surface area contributed by atoms with Crippen LogP contribution in [-0.2, 0) is 6.18 Å². The van der Waals surface area contributed by atoms with Gasteiger partial charge in [-0.05, 0) is 42.5 Å². The normalized spacial score (nSPS) is 15.0. The molecule has 2 aromatic carbocycles. The number of allylic oxidation sites excluding steroid dienone is 2. The molecule has 1 unspecified atom stereocenters. The zero-order valence-electron chi connectivity index (χ0n) is 15.3. The molecule has 1 aromatic heterocycles. The van der Waals surface area contributed by atoms with E-state index < -0.39 is 11.7 Å². The standard InChI is InChI=1S/C21H18F3N3OS/c22-21(23,24)16-11-9-15(10-12-16)19-25-26-20(29-19)17(13-5-2-1-3-6-13)18(27-28)14-7-4-8-14/h1-3,5-6,9-12,17,27-28H,4,7-8H2. The van der Waals surface area contributed by atoms with Crippen molar-refractivity contribution >= 4 is 11.3 Å². The molecule has 0 amide bonds. The van der Waals surface area contributed by atoms with E-state index in [4.69, 9.17) is 0 Å². The summed E-state index contributed by atoms with van der Waals surface area (Å²) in [6.45, 7) is 0. The van der Waals surface area contributed by atoms with Crippen LogP contribution in [0.25, 0.3) is 10.6 Å². The van der Waals surface area contributed by atoms with E-state index in [1.165, 1.54) is 23.5 Å². The van der Waals surface area contributed by atoms with Crippen molar-refractivity contribution in [2.24, 2.45) is 0 Å². The summed E-state index contributed by atoms with van der Waals surface area (Å²) in [7, 11) is 0. The highest BCUT2D eigenvalue weighted by molar-refractivity contribution is 7.14. The highest BCUT2D eigenvalue weighted by Gasteiger charge is 2.31. The summed E-state index contributed by atoms with van der Waals surface area (Å²) in [5.74, 6) is -0.308. The summed E-state index contributed by atoms with van der Waals surface area (Å²) in [5, 5.41) is 19.5. The number of aromatic nitrogens is 2. The third-order valence-corrected chi connectivity index (χ3v) is 6.06. The molecule has 8 heteroatoms. The predicted molar refractivity (Wildman–Crippen MR) is 104 cm³/mol. The molecule has 1 fully saturated rings. The maximum Gasteiger partial charge on any atom is 0.416 e. The molecule has 29 heavy (non-hydrogen) atoms. The highest BCUT2D eigenvalue weighted by Crippen LogP contribution is 2.40. The molecule has 4 nitrogen and oxygen atoms in total. The molecule has 1 heterocycles. The summed E-state index contributed by atoms with van der Waals surface area (Å²) < 4.78 is 38.4. The van der Waals surface area contributed by atoms with Crippen LogP contribution >= 0.6 is 11.3 Å². The summed E-state index contributed by atoms with van der Waals surface area (Å²) in [6, 6.07) is 14.6. The number of hydrogen-bond donors (Lipinski definition) is 2. The smallest absolute Gasteiger partial charge is 0.291 e. The van der Waals surface area contributed by atoms with Gasteiger partial charge in [0.25, 0.3) is 0 Å². The molecule has 1 aliphatic rings. The van der Waals surface area contributed by atoms with E-state index in [9.17, 15) is 18.4 Å². The minimum atomic E-state index is -4.38. The predicted octanol–water partition coefficient (Wildman–Crippen LogP) is 5.77. The van der Waals surface area contributed by atoms with Crippen molar-refractivity contribution in [1.29, 1.82) is 0 Å². The third kappa shape index (κ3) is 4.04. The summed E-state index contributed by atoms with van der Waals surface area (Å²) in [4.78, 5) is 0. The van der Waals surface area contributed by atoms with Gasteiger partial charge in [-0.15, -0.1) is 10.2 Å². The van der Waals surface area contributed by atoms with Crippen molar-refractivity contribution in [3.63, 3.8) is 0 Å². The van der Waals surface area contributed by atoms with Crippen LogP contribution in [0.5, 0.6) is 0 Å². The third-order valence-electron chi connectivity index (χ3n) is 5.03. The van der Waals surface area contributed by atoms with Gasteiger partial charge in [0, 0.05) is 5.56 Å². The number of alkyl halides is 3. The number of hydrogen-bond acceptors (Lipinski definition) is 5. The number of halogens is 3. The largest absolute Gasteiger partial charge is 0.416 e. The zero-order chi connectivity index (χ0) is 20.4. The minimum absolute atomic E-state index is 0.308. The minimum Gasteiger partial charge on any atom is -0.291 e. The van der Waals surface area contributed by atoms with Gasteiger partial charge in [0.05, 0.1) is 17.2 Å². The van der Waals surface area contributed by atoms with Crippen molar-refractivity contribution in [2.75, 3.05) is 0 Å². The Balaban J connectivity index is 1.71. The van der Waals surface area contributed by atoms with Crippen LogP contribution in [0.3, 0.4) is 0 Å². The monoisotopic (exact) mass is 417 g/mol. The van der Waals surface area contributed by atoms with Gasteiger partial charge in [-0.1, -0.05) is 53.8 Å². The van der Waals surface area contributed by atoms with Gasteiger partial charge in [0.2, 0.25) is 0 Å². The Morgan fingerprint density at radius 3 is 2.24 bits per heavy atom.